The van der Waals surface area contributed by atoms with Gasteiger partial charge in [0.2, 0.25) is 0 Å². The van der Waals surface area contributed by atoms with Crippen LogP contribution in [0.5, 0.6) is 0 Å². The molecule has 1 atom stereocenters. The van der Waals surface area contributed by atoms with Gasteiger partial charge in [-0.25, -0.2) is 0 Å². The number of amides is 1. The van der Waals surface area contributed by atoms with Crippen molar-refractivity contribution in [1.82, 2.24) is 15.1 Å². The molecular formula is C15H24N4O2. The second kappa shape index (κ2) is 7.93. The van der Waals surface area contributed by atoms with E-state index in [1.165, 1.54) is 0 Å². The Morgan fingerprint density at radius 2 is 2.29 bits per heavy atom. The predicted octanol–water partition coefficient (Wildman–Crippen LogP) is 1.94. The van der Waals surface area contributed by atoms with Gasteiger partial charge in [-0.3, -0.25) is 4.79 Å². The zero-order valence-corrected chi connectivity index (χ0v) is 12.8. The first-order chi connectivity index (χ1) is 10.2. The first kappa shape index (κ1) is 15.7. The monoisotopic (exact) mass is 292 g/mol. The minimum atomic E-state index is -0.0599. The normalized spacial score (nSPS) is 18.6. The summed E-state index contributed by atoms with van der Waals surface area (Å²) in [5.41, 5.74) is 0.396. The molecule has 116 valence electrons. The van der Waals surface area contributed by atoms with E-state index in [0.29, 0.717) is 18.1 Å². The molecule has 6 nitrogen and oxygen atoms in total. The van der Waals surface area contributed by atoms with E-state index in [4.69, 9.17) is 4.74 Å². The van der Waals surface area contributed by atoms with Crippen LogP contribution in [0.3, 0.4) is 0 Å². The second-order valence-electron chi connectivity index (χ2n) is 5.22. The Kier molecular flexibility index (Phi) is 5.92. The molecule has 1 amide bonds. The molecule has 1 N–H and O–H groups in total. The first-order valence-corrected chi connectivity index (χ1v) is 7.73. The zero-order chi connectivity index (χ0) is 15.1. The van der Waals surface area contributed by atoms with E-state index >= 15 is 0 Å². The molecule has 0 saturated carbocycles. The Labute approximate surface area is 125 Å². The number of hydrogen-bond acceptors (Lipinski definition) is 5. The maximum Gasteiger partial charge on any atom is 0.274 e. The largest absolute Gasteiger partial charge is 0.376 e. The standard InChI is InChI=1S/C15H24N4O2/c1-3-10-21-12-6-5-9-19(11-12)15(20)13-7-8-14(16-4-2)18-17-13/h7-8,12H,3-6,9-11H2,1-2H3,(H,16,18). The Balaban J connectivity index is 1.95. The molecule has 1 aromatic rings. The van der Waals surface area contributed by atoms with Gasteiger partial charge in [-0.15, -0.1) is 10.2 Å². The number of nitrogens with zero attached hydrogens (tertiary/aromatic N) is 3. The fourth-order valence-electron chi connectivity index (χ4n) is 2.43. The lowest BCUT2D eigenvalue weighted by Gasteiger charge is -2.32. The molecule has 6 heteroatoms. The summed E-state index contributed by atoms with van der Waals surface area (Å²) in [5.74, 6) is 0.632. The van der Waals surface area contributed by atoms with Crippen LogP contribution in [-0.2, 0) is 4.74 Å². The fourth-order valence-corrected chi connectivity index (χ4v) is 2.43. The molecule has 1 saturated heterocycles. The van der Waals surface area contributed by atoms with Crippen LogP contribution in [0.1, 0.15) is 43.6 Å². The second-order valence-corrected chi connectivity index (χ2v) is 5.22. The zero-order valence-electron chi connectivity index (χ0n) is 12.8. The Hall–Kier alpha value is -1.69. The van der Waals surface area contributed by atoms with Gasteiger partial charge >= 0.3 is 0 Å². The number of nitrogens with one attached hydrogen (secondary N) is 1. The van der Waals surface area contributed by atoms with E-state index in [1.807, 2.05) is 11.8 Å². The smallest absolute Gasteiger partial charge is 0.274 e. The number of ether oxygens (including phenoxy) is 1. The fraction of sp³-hybridized carbons (Fsp3) is 0.667. The van der Waals surface area contributed by atoms with Crippen LogP contribution in [0.25, 0.3) is 0 Å². The lowest BCUT2D eigenvalue weighted by atomic mass is 10.1. The van der Waals surface area contributed by atoms with Crippen LogP contribution in [0.15, 0.2) is 12.1 Å². The van der Waals surface area contributed by atoms with Crippen molar-refractivity contribution < 1.29 is 9.53 Å². The third-order valence-electron chi connectivity index (χ3n) is 3.46. The SMILES string of the molecule is CCCOC1CCCN(C(=O)c2ccc(NCC)nn2)C1. The van der Waals surface area contributed by atoms with E-state index in [2.05, 4.69) is 22.4 Å². The van der Waals surface area contributed by atoms with Crippen molar-refractivity contribution in [2.24, 2.45) is 0 Å². The predicted molar refractivity (Wildman–Crippen MR) is 81.4 cm³/mol. The lowest BCUT2D eigenvalue weighted by molar-refractivity contribution is 0.00189. The van der Waals surface area contributed by atoms with Gasteiger partial charge in [0.05, 0.1) is 6.10 Å². The summed E-state index contributed by atoms with van der Waals surface area (Å²) in [6.07, 6.45) is 3.15. The van der Waals surface area contributed by atoms with Gasteiger partial charge in [0.1, 0.15) is 5.82 Å². The topological polar surface area (TPSA) is 67.3 Å². The summed E-state index contributed by atoms with van der Waals surface area (Å²) >= 11 is 0. The molecule has 0 aromatic carbocycles. The molecule has 0 spiro atoms. The van der Waals surface area contributed by atoms with Crippen LogP contribution in [-0.4, -0.2) is 53.3 Å². The Morgan fingerprint density at radius 1 is 1.43 bits per heavy atom. The third-order valence-corrected chi connectivity index (χ3v) is 3.46. The Bertz CT molecular complexity index is 449. The van der Waals surface area contributed by atoms with Crippen LogP contribution in [0, 0.1) is 0 Å². The van der Waals surface area contributed by atoms with E-state index in [0.717, 1.165) is 39.0 Å². The highest BCUT2D eigenvalue weighted by Crippen LogP contribution is 2.16. The van der Waals surface area contributed by atoms with Gasteiger partial charge in [0, 0.05) is 26.2 Å². The number of carbonyl (C=O) groups is 1. The molecule has 1 fully saturated rings. The molecule has 1 aromatic heterocycles. The average molecular weight is 292 g/mol. The van der Waals surface area contributed by atoms with Crippen LogP contribution >= 0.6 is 0 Å². The van der Waals surface area contributed by atoms with Crippen molar-refractivity contribution in [3.8, 4) is 0 Å². The summed E-state index contributed by atoms with van der Waals surface area (Å²) in [4.78, 5) is 14.3. The van der Waals surface area contributed by atoms with E-state index < -0.39 is 0 Å². The molecule has 0 radical (unpaired) electrons. The molecule has 1 aliphatic heterocycles. The summed E-state index contributed by atoms with van der Waals surface area (Å²) in [6, 6.07) is 3.52. The molecule has 0 bridgehead atoms. The summed E-state index contributed by atoms with van der Waals surface area (Å²) in [6.45, 7) is 7.03. The van der Waals surface area contributed by atoms with Gasteiger partial charge in [0.25, 0.3) is 5.91 Å². The number of likely N-dealkylation sites (tertiary alicyclic amines) is 1. The lowest BCUT2D eigenvalue weighted by Crippen LogP contribution is -2.43. The van der Waals surface area contributed by atoms with Gasteiger partial charge in [-0.1, -0.05) is 6.92 Å². The summed E-state index contributed by atoms with van der Waals surface area (Å²) in [5, 5.41) is 11.1. The molecule has 21 heavy (non-hydrogen) atoms. The van der Waals surface area contributed by atoms with Gasteiger partial charge in [-0.05, 0) is 38.3 Å². The van der Waals surface area contributed by atoms with Crippen LogP contribution in [0.4, 0.5) is 5.82 Å². The van der Waals surface area contributed by atoms with Crippen molar-refractivity contribution in [3.63, 3.8) is 0 Å². The minimum Gasteiger partial charge on any atom is -0.376 e. The highest BCUT2D eigenvalue weighted by molar-refractivity contribution is 5.92. The minimum absolute atomic E-state index is 0.0599. The van der Waals surface area contributed by atoms with E-state index in [1.54, 1.807) is 12.1 Å². The first-order valence-electron chi connectivity index (χ1n) is 7.73. The number of anilines is 1. The summed E-state index contributed by atoms with van der Waals surface area (Å²) < 4.78 is 5.76. The van der Waals surface area contributed by atoms with Gasteiger partial charge < -0.3 is 15.0 Å². The van der Waals surface area contributed by atoms with Gasteiger partial charge in [0.15, 0.2) is 5.69 Å². The third kappa shape index (κ3) is 4.39. The molecule has 1 aliphatic rings. The van der Waals surface area contributed by atoms with Gasteiger partial charge in [-0.2, -0.15) is 0 Å². The highest BCUT2D eigenvalue weighted by Gasteiger charge is 2.25. The number of piperidine rings is 1. The molecule has 1 unspecified atom stereocenters. The van der Waals surface area contributed by atoms with E-state index in [-0.39, 0.29) is 12.0 Å². The maximum absolute atomic E-state index is 12.4. The molecule has 2 rings (SSSR count). The van der Waals surface area contributed by atoms with Crippen molar-refractivity contribution in [2.75, 3.05) is 31.6 Å². The quantitative estimate of drug-likeness (QED) is 0.868. The van der Waals surface area contributed by atoms with Crippen molar-refractivity contribution in [2.45, 2.75) is 39.2 Å². The van der Waals surface area contributed by atoms with Crippen LogP contribution < -0.4 is 5.32 Å². The average Bonchev–Trinajstić information content (AvgIpc) is 2.53. The van der Waals surface area contributed by atoms with Crippen molar-refractivity contribution in [3.05, 3.63) is 17.8 Å². The summed E-state index contributed by atoms with van der Waals surface area (Å²) in [7, 11) is 0. The molecule has 0 aliphatic carbocycles. The van der Waals surface area contributed by atoms with E-state index in [9.17, 15) is 4.79 Å². The molecular weight excluding hydrogens is 268 g/mol. The number of rotatable bonds is 6. The Morgan fingerprint density at radius 3 is 2.95 bits per heavy atom. The highest BCUT2D eigenvalue weighted by atomic mass is 16.5. The maximum atomic E-state index is 12.4. The number of hydrogen-bond donors (Lipinski definition) is 1. The van der Waals surface area contributed by atoms with Crippen molar-refractivity contribution >= 4 is 11.7 Å². The number of carbonyl (C=O) groups excluding carboxylic acids is 1. The molecule has 2 heterocycles. The number of aromatic nitrogens is 2. The van der Waals surface area contributed by atoms with Crippen molar-refractivity contribution in [1.29, 1.82) is 0 Å². The van der Waals surface area contributed by atoms with Crippen LogP contribution in [0.2, 0.25) is 0 Å².